The van der Waals surface area contributed by atoms with Gasteiger partial charge in [0.2, 0.25) is 5.91 Å². The molecule has 0 saturated carbocycles. The molecule has 0 aliphatic carbocycles. The average molecular weight is 408 g/mol. The number of ketones is 1. The number of carbonyl (C=O) groups is 2. The molecule has 1 amide bonds. The van der Waals surface area contributed by atoms with Crippen molar-refractivity contribution in [3.8, 4) is 0 Å². The third kappa shape index (κ3) is 3.80. The molecule has 0 atom stereocenters. The quantitative estimate of drug-likeness (QED) is 0.651. The number of aryl methyl sites for hydroxylation is 3. The van der Waals surface area contributed by atoms with Crippen LogP contribution in [0.4, 0.5) is 5.69 Å². The Morgan fingerprint density at radius 1 is 1.10 bits per heavy atom. The lowest BCUT2D eigenvalue weighted by Crippen LogP contribution is -2.38. The van der Waals surface area contributed by atoms with Crippen LogP contribution in [0.5, 0.6) is 0 Å². The van der Waals surface area contributed by atoms with Gasteiger partial charge in [0.25, 0.3) is 5.56 Å². The molecular weight excluding hydrogens is 384 g/mol. The number of hydrogen-bond donors (Lipinski definition) is 1. The molecule has 1 aromatic carbocycles. The predicted octanol–water partition coefficient (Wildman–Crippen LogP) is 2.02. The summed E-state index contributed by atoms with van der Waals surface area (Å²) >= 11 is 0. The third-order valence-electron chi connectivity index (χ3n) is 5.33. The molecular formula is C22H24N4O4. The van der Waals surface area contributed by atoms with Crippen molar-refractivity contribution in [1.29, 1.82) is 0 Å². The van der Waals surface area contributed by atoms with Gasteiger partial charge in [-0.05, 0) is 50.5 Å². The van der Waals surface area contributed by atoms with Crippen LogP contribution in [-0.2, 0) is 25.3 Å². The van der Waals surface area contributed by atoms with Crippen molar-refractivity contribution in [2.75, 3.05) is 5.32 Å². The first-order valence-electron chi connectivity index (χ1n) is 9.58. The molecule has 8 nitrogen and oxygen atoms in total. The normalized spacial score (nSPS) is 11.0. The first-order valence-corrected chi connectivity index (χ1v) is 9.58. The highest BCUT2D eigenvalue weighted by atomic mass is 16.2. The van der Waals surface area contributed by atoms with Crippen LogP contribution in [-0.4, -0.2) is 25.8 Å². The van der Waals surface area contributed by atoms with Crippen LogP contribution in [0.2, 0.25) is 0 Å². The number of rotatable bonds is 5. The number of carbonyl (C=O) groups excluding carboxylic acids is 2. The number of fused-ring (bicyclic) bond motifs is 1. The highest BCUT2D eigenvalue weighted by Gasteiger charge is 2.17. The van der Waals surface area contributed by atoms with Gasteiger partial charge in [-0.15, -0.1) is 0 Å². The van der Waals surface area contributed by atoms with Gasteiger partial charge in [0.15, 0.2) is 5.78 Å². The van der Waals surface area contributed by atoms with E-state index < -0.39 is 11.2 Å². The molecule has 8 heteroatoms. The van der Waals surface area contributed by atoms with Crippen LogP contribution in [0.3, 0.4) is 0 Å². The van der Waals surface area contributed by atoms with E-state index in [0.717, 1.165) is 15.7 Å². The van der Waals surface area contributed by atoms with Crippen molar-refractivity contribution in [2.45, 2.75) is 33.6 Å². The highest BCUT2D eigenvalue weighted by molar-refractivity contribution is 5.97. The summed E-state index contributed by atoms with van der Waals surface area (Å²) in [6, 6.07) is 6.77. The summed E-state index contributed by atoms with van der Waals surface area (Å²) in [7, 11) is 3.02. The Labute approximate surface area is 173 Å². The second kappa shape index (κ2) is 8.06. The summed E-state index contributed by atoms with van der Waals surface area (Å²) in [5.74, 6) is -0.279. The maximum atomic E-state index is 12.7. The first-order chi connectivity index (χ1) is 14.1. The van der Waals surface area contributed by atoms with Crippen LogP contribution in [0.15, 0.2) is 33.9 Å². The van der Waals surface area contributed by atoms with Gasteiger partial charge in [0.1, 0.15) is 5.65 Å². The predicted molar refractivity (Wildman–Crippen MR) is 115 cm³/mol. The van der Waals surface area contributed by atoms with Gasteiger partial charge in [0, 0.05) is 37.5 Å². The number of nitrogens with zero attached hydrogens (tertiary/aromatic N) is 3. The number of amides is 1. The Balaban J connectivity index is 1.88. The molecule has 2 aromatic heterocycles. The zero-order valence-electron chi connectivity index (χ0n) is 17.7. The molecule has 0 fully saturated rings. The van der Waals surface area contributed by atoms with Gasteiger partial charge in [-0.3, -0.25) is 23.5 Å². The van der Waals surface area contributed by atoms with Crippen LogP contribution >= 0.6 is 0 Å². The fraction of sp³-hybridized carbons (Fsp3) is 0.318. The Bertz CT molecular complexity index is 1300. The minimum absolute atomic E-state index is 0.0735. The van der Waals surface area contributed by atoms with Gasteiger partial charge >= 0.3 is 5.69 Å². The zero-order valence-corrected chi connectivity index (χ0v) is 17.7. The van der Waals surface area contributed by atoms with Crippen molar-refractivity contribution in [3.05, 3.63) is 67.5 Å². The molecule has 0 radical (unpaired) electrons. The van der Waals surface area contributed by atoms with Gasteiger partial charge in [0.05, 0.1) is 5.39 Å². The fourth-order valence-corrected chi connectivity index (χ4v) is 3.59. The second-order valence-corrected chi connectivity index (χ2v) is 7.39. The smallest absolute Gasteiger partial charge is 0.326 e. The molecule has 0 aliphatic rings. The molecule has 156 valence electrons. The lowest BCUT2D eigenvalue weighted by molar-refractivity contribution is -0.116. The summed E-state index contributed by atoms with van der Waals surface area (Å²) in [5, 5.41) is 3.18. The number of aromatic nitrogens is 3. The van der Waals surface area contributed by atoms with Crippen molar-refractivity contribution in [3.63, 3.8) is 0 Å². The van der Waals surface area contributed by atoms with Gasteiger partial charge in [-0.25, -0.2) is 9.78 Å². The van der Waals surface area contributed by atoms with E-state index >= 15 is 0 Å². The summed E-state index contributed by atoms with van der Waals surface area (Å²) in [6.45, 7) is 5.09. The monoisotopic (exact) mass is 408 g/mol. The Hall–Kier alpha value is -3.55. The number of anilines is 1. The van der Waals surface area contributed by atoms with E-state index in [2.05, 4.69) is 10.3 Å². The van der Waals surface area contributed by atoms with E-state index in [4.69, 9.17) is 0 Å². The van der Waals surface area contributed by atoms with E-state index in [-0.39, 0.29) is 18.1 Å². The number of hydrogen-bond acceptors (Lipinski definition) is 5. The molecule has 3 aromatic rings. The standard InChI is InChI=1S/C22H24N4O4/c1-12-17(9-10-18(28)24-16-8-6-7-15(11-16)14(3)27)13(2)23-20-19(12)21(29)26(5)22(30)25(20)4/h6-8,11H,9-10H2,1-5H3,(H,24,28). The summed E-state index contributed by atoms with van der Waals surface area (Å²) in [5.41, 5.74) is 2.80. The minimum Gasteiger partial charge on any atom is -0.326 e. The molecule has 0 spiro atoms. The maximum Gasteiger partial charge on any atom is 0.332 e. The van der Waals surface area contributed by atoms with Crippen molar-refractivity contribution in [1.82, 2.24) is 14.1 Å². The largest absolute Gasteiger partial charge is 0.332 e. The number of pyridine rings is 1. The molecule has 0 bridgehead atoms. The minimum atomic E-state index is -0.432. The Kier molecular flexibility index (Phi) is 5.69. The van der Waals surface area contributed by atoms with Gasteiger partial charge < -0.3 is 5.32 Å². The summed E-state index contributed by atoms with van der Waals surface area (Å²) < 4.78 is 2.42. The summed E-state index contributed by atoms with van der Waals surface area (Å²) in [6.07, 6.45) is 0.579. The molecule has 2 heterocycles. The van der Waals surface area contributed by atoms with Gasteiger partial charge in [-0.2, -0.15) is 0 Å². The number of nitrogens with one attached hydrogen (secondary N) is 1. The maximum absolute atomic E-state index is 12.7. The first kappa shape index (κ1) is 21.2. The molecule has 3 rings (SSSR count). The number of benzene rings is 1. The lowest BCUT2D eigenvalue weighted by atomic mass is 9.99. The molecule has 30 heavy (non-hydrogen) atoms. The van der Waals surface area contributed by atoms with Crippen molar-refractivity contribution >= 4 is 28.4 Å². The average Bonchev–Trinajstić information content (AvgIpc) is 2.70. The SMILES string of the molecule is CC(=O)c1cccc(NC(=O)CCc2c(C)nc3c(c2C)c(=O)n(C)c(=O)n3C)c1. The number of Topliss-reactive ketones (excluding diaryl/α,β-unsaturated/α-hetero) is 1. The molecule has 1 N–H and O–H groups in total. The van der Waals surface area contributed by atoms with Crippen LogP contribution in [0, 0.1) is 13.8 Å². The van der Waals surface area contributed by atoms with E-state index in [0.29, 0.717) is 34.4 Å². The Morgan fingerprint density at radius 3 is 2.47 bits per heavy atom. The van der Waals surface area contributed by atoms with Crippen molar-refractivity contribution < 1.29 is 9.59 Å². The molecule has 0 aliphatic heterocycles. The fourth-order valence-electron chi connectivity index (χ4n) is 3.59. The van der Waals surface area contributed by atoms with Gasteiger partial charge in [-0.1, -0.05) is 12.1 Å². The topological polar surface area (TPSA) is 103 Å². The van der Waals surface area contributed by atoms with Crippen LogP contribution in [0.25, 0.3) is 11.0 Å². The molecule has 0 unspecified atom stereocenters. The molecule has 0 saturated heterocycles. The van der Waals surface area contributed by atoms with Crippen molar-refractivity contribution in [2.24, 2.45) is 14.1 Å². The zero-order chi connectivity index (χ0) is 22.2. The van der Waals surface area contributed by atoms with E-state index in [1.165, 1.54) is 18.5 Å². The van der Waals surface area contributed by atoms with Crippen LogP contribution < -0.4 is 16.6 Å². The summed E-state index contributed by atoms with van der Waals surface area (Å²) in [4.78, 5) is 53.3. The van der Waals surface area contributed by atoms with E-state index in [1.54, 1.807) is 38.2 Å². The Morgan fingerprint density at radius 2 is 1.80 bits per heavy atom. The highest BCUT2D eigenvalue weighted by Crippen LogP contribution is 2.21. The lowest BCUT2D eigenvalue weighted by Gasteiger charge is -2.15. The second-order valence-electron chi connectivity index (χ2n) is 7.39. The van der Waals surface area contributed by atoms with E-state index in [9.17, 15) is 19.2 Å². The third-order valence-corrected chi connectivity index (χ3v) is 5.33. The van der Waals surface area contributed by atoms with E-state index in [1.807, 2.05) is 6.92 Å². The van der Waals surface area contributed by atoms with Crippen LogP contribution in [0.1, 0.15) is 40.5 Å².